The minimum absolute atomic E-state index is 0. The van der Waals surface area contributed by atoms with E-state index in [1.165, 1.54) is 74.6 Å². The number of hydrogen-bond acceptors (Lipinski definition) is 20. The van der Waals surface area contributed by atoms with Crippen LogP contribution in [0.1, 0.15) is 22.2 Å². The Balaban J connectivity index is 0.000000222. The van der Waals surface area contributed by atoms with Crippen LogP contribution in [0.15, 0.2) is 400 Å². The molecule has 0 spiro atoms. The van der Waals surface area contributed by atoms with E-state index >= 15 is 0 Å². The van der Waals surface area contributed by atoms with Crippen LogP contribution in [0.2, 0.25) is 25.2 Å². The SMILES string of the molecule is CC(C)(C)OC(=O)N1CCN(c2nnc(Cl)c(N)n2)C[C@H]1CO.Nc1nc(N2CCN[C@H](CO)C2)nnc1-c1cccc(Cl)c1Cl.O=CO[O-].OB(O)c1cccc(Cl)c1Cl.[Cs+].[Cs+].[H-].[Pd].c1ccc(P(c2ccccc2)c2ccccc2)cc1.c1ccc(P(c2ccccc2)c2ccccc2)cc1.c1ccc(P(c2ccccc2)c2ccccc2)cc1.c1ccc(P(c2ccccc2)c2ccccc2)cc1. The van der Waals surface area contributed by atoms with Gasteiger partial charge in [-0.25, -0.2) is 4.79 Å². The first kappa shape index (κ1) is 118. The molecule has 2 saturated heterocycles. The van der Waals surface area contributed by atoms with Crippen LogP contribution in [0.25, 0.3) is 11.3 Å². The van der Waals surface area contributed by atoms with Crippen LogP contribution in [0.3, 0.4) is 0 Å². The molecule has 2 atom stereocenters. The number of benzene rings is 14. The van der Waals surface area contributed by atoms with Crippen molar-refractivity contribution in [3.63, 3.8) is 0 Å². The summed E-state index contributed by atoms with van der Waals surface area (Å²) in [5, 5.41) is 82.0. The molecule has 16 aromatic rings. The average Bonchev–Trinajstić information content (AvgIpc) is 0.787. The second-order valence-corrected chi connectivity index (χ2v) is 41.9. The van der Waals surface area contributed by atoms with Crippen LogP contribution in [-0.4, -0.2) is 145 Å². The quantitative estimate of drug-likeness (QED) is 0.0131. The molecule has 9 N–H and O–H groups in total. The molecule has 2 fully saturated rings. The maximum Gasteiger partial charge on any atom is 1.00 e. The van der Waals surface area contributed by atoms with Crippen molar-refractivity contribution >= 4 is 202 Å². The summed E-state index contributed by atoms with van der Waals surface area (Å²) in [6.45, 7) is 8.28. The van der Waals surface area contributed by atoms with E-state index in [1.54, 1.807) is 56.0 Å². The zero-order valence-corrected chi connectivity index (χ0v) is 99.0. The second kappa shape index (κ2) is 63.9. The first-order chi connectivity index (χ1) is 66.6. The molecule has 140 heavy (non-hydrogen) atoms. The fraction of sp³-hybridized carbons (Fsp3) is 0.132. The Bertz CT molecular complexity index is 5430. The van der Waals surface area contributed by atoms with E-state index in [4.69, 9.17) is 94.3 Å². The number of halogens is 5. The van der Waals surface area contributed by atoms with E-state index in [2.05, 4.69) is 405 Å². The molecule has 34 heteroatoms. The summed E-state index contributed by atoms with van der Waals surface area (Å²) in [4.78, 5) is 37.1. The van der Waals surface area contributed by atoms with Crippen molar-refractivity contribution in [2.45, 2.75) is 38.5 Å². The van der Waals surface area contributed by atoms with E-state index in [9.17, 15) is 15.0 Å². The number of aliphatic hydroxyl groups is 2. The molecule has 14 aromatic carbocycles. The Morgan fingerprint density at radius 1 is 0.429 bits per heavy atom. The van der Waals surface area contributed by atoms with Crippen molar-refractivity contribution in [3.05, 3.63) is 426 Å². The Hall–Kier alpha value is -7.20. The van der Waals surface area contributed by atoms with E-state index in [0.717, 1.165) is 13.1 Å². The number of aliphatic hydroxyl groups excluding tert-OH is 2. The summed E-state index contributed by atoms with van der Waals surface area (Å²) >= 11 is 29.2. The zero-order valence-electron chi connectivity index (χ0n) is 78.6. The standard InChI is InChI=1S/4C18H15P.C14H16Cl2N6O.C13H21ClN6O3.C6H5BCl2O2.CH2O3.2Cs.Pd.H/c4*1-4-10-16(11-5-1)19(17-12-6-2-7-13-17)18-14-8-3-9-15-18;15-10-3-1-2-9(11(10)16)12-13(17)19-14(21-20-12)22-5-4-18-8(6-22)7-23;1-13(2,3)23-12(22)20-5-4-19(6-8(20)7-21)11-16-10(15)9(14)17-18-11;8-5-3-1-2-4(6(5)9)7(10)11;2-1-4-3;;;;/h4*1-15H;1-3,8,18,23H,4-7H2,(H2,17,19,21);8,21H,4-7H2,1-3H3,(H2,15,16,18);1-3,10-11H;1,3H;;;;/q;;;;;;;;2*+1;;-1/p-1/t;;;;2*8-;;;;;;/m....00....../s1. The Morgan fingerprint density at radius 2 is 0.721 bits per heavy atom. The number of anilines is 4. The van der Waals surface area contributed by atoms with Gasteiger partial charge in [0.25, 0.3) is 6.47 Å². The number of nitrogens with two attached hydrogens (primary N) is 2. The molecule has 0 unspecified atom stereocenters. The van der Waals surface area contributed by atoms with Crippen LogP contribution in [0.5, 0.6) is 0 Å². The zero-order chi connectivity index (χ0) is 97.1. The van der Waals surface area contributed by atoms with Gasteiger partial charge in [-0.05, 0) is 128 Å². The van der Waals surface area contributed by atoms with Gasteiger partial charge in [0.05, 0.1) is 39.3 Å². The molecule has 0 saturated carbocycles. The van der Waals surface area contributed by atoms with Gasteiger partial charge in [0.1, 0.15) is 11.3 Å². The van der Waals surface area contributed by atoms with E-state index < -0.39 is 56.5 Å². The predicted molar refractivity (Wildman–Crippen MR) is 571 cm³/mol. The molecule has 1 amide bonds. The molecule has 2 aliphatic heterocycles. The number of nitrogens with zero attached hydrogens (tertiary/aromatic N) is 9. The number of rotatable bonds is 19. The molecule has 21 nitrogen and oxygen atoms in total. The van der Waals surface area contributed by atoms with Crippen LogP contribution in [-0.2, 0) is 34.8 Å². The van der Waals surface area contributed by atoms with Gasteiger partial charge in [0.15, 0.2) is 16.8 Å². The van der Waals surface area contributed by atoms with Crippen molar-refractivity contribution in [3.8, 4) is 11.3 Å². The molecule has 712 valence electrons. The summed E-state index contributed by atoms with van der Waals surface area (Å²) in [5.74, 6) is 1.07. The Labute approximate surface area is 982 Å². The molecule has 18 rings (SSSR count). The summed E-state index contributed by atoms with van der Waals surface area (Å²) in [6, 6.07) is 139. The summed E-state index contributed by atoms with van der Waals surface area (Å²) < 4.78 is 5.36. The maximum absolute atomic E-state index is 12.2. The van der Waals surface area contributed by atoms with E-state index in [1.807, 2.05) is 4.90 Å². The number of nitrogen functional groups attached to an aromatic ring is 2. The molecule has 0 radical (unpaired) electrons. The molecule has 0 aliphatic carbocycles. The van der Waals surface area contributed by atoms with Crippen molar-refractivity contribution in [2.24, 2.45) is 0 Å². The summed E-state index contributed by atoms with van der Waals surface area (Å²) in [6.07, 6.45) is -0.453. The van der Waals surface area contributed by atoms with Crippen molar-refractivity contribution in [1.29, 1.82) is 0 Å². The van der Waals surface area contributed by atoms with Crippen molar-refractivity contribution in [2.75, 3.05) is 73.7 Å². The smallest absolute Gasteiger partial charge is 1.00 e. The summed E-state index contributed by atoms with van der Waals surface area (Å²) in [5.41, 5.74) is 12.3. The number of ether oxygens (including phenoxy) is 1. The fourth-order valence-electron chi connectivity index (χ4n) is 14.1. The molecular formula is C106H104BCl5Cs2N12O9P4Pd. The number of hydrogen-bond donors (Lipinski definition) is 7. The van der Waals surface area contributed by atoms with Gasteiger partial charge in [0.2, 0.25) is 11.9 Å². The Morgan fingerprint density at radius 3 is 0.993 bits per heavy atom. The molecule has 4 heterocycles. The van der Waals surface area contributed by atoms with E-state index in [-0.39, 0.29) is 213 Å². The normalized spacial score (nSPS) is 12.8. The first-order valence-corrected chi connectivity index (χ1v) is 50.8. The van der Waals surface area contributed by atoms with Gasteiger partial charge in [-0.3, -0.25) is 9.69 Å². The second-order valence-electron chi connectivity index (χ2n) is 31.0. The van der Waals surface area contributed by atoms with Gasteiger partial charge in [0, 0.05) is 76.8 Å². The largest absolute Gasteiger partial charge is 1.00 e. The Kier molecular flexibility index (Phi) is 53.9. The number of nitrogens with one attached hydrogen (secondary N) is 1. The van der Waals surface area contributed by atoms with E-state index in [0.29, 0.717) is 64.4 Å². The molecule has 0 bridgehead atoms. The number of carbonyl (C=O) groups is 2. The number of aromatic nitrogens is 6. The molecule has 2 aromatic heterocycles. The molecule has 2 aliphatic rings. The monoisotopic (exact) mass is 2370 g/mol. The topological polar surface area (TPSA) is 308 Å². The van der Waals surface area contributed by atoms with Gasteiger partial charge in [-0.1, -0.05) is 446 Å². The van der Waals surface area contributed by atoms with Crippen molar-refractivity contribution < 1.29 is 204 Å². The molecular weight excluding hydrogens is 2270 g/mol. The third-order valence-electron chi connectivity index (χ3n) is 20.4. The third-order valence-corrected chi connectivity index (χ3v) is 32.1. The van der Waals surface area contributed by atoms with Gasteiger partial charge in [-0.15, -0.1) is 20.4 Å². The third kappa shape index (κ3) is 37.1. The summed E-state index contributed by atoms with van der Waals surface area (Å²) in [7, 11) is -3.35. The maximum atomic E-state index is 12.2. The van der Waals surface area contributed by atoms with Gasteiger partial charge < -0.3 is 63.2 Å². The van der Waals surface area contributed by atoms with Crippen LogP contribution >= 0.6 is 89.7 Å². The number of carbonyl (C=O) groups excluding carboxylic acids is 2. The van der Waals surface area contributed by atoms with Gasteiger partial charge >= 0.3 is 151 Å². The average molecular weight is 2370 g/mol. The van der Waals surface area contributed by atoms with Crippen LogP contribution in [0.4, 0.5) is 28.3 Å². The minimum atomic E-state index is -1.57. The van der Waals surface area contributed by atoms with Crippen molar-refractivity contribution in [1.82, 2.24) is 40.6 Å². The minimum Gasteiger partial charge on any atom is -1.00 e. The number of piperazine rings is 2. The van der Waals surface area contributed by atoms with Crippen LogP contribution in [0, 0.1) is 0 Å². The fourth-order valence-corrected chi connectivity index (χ4v) is 24.2. The van der Waals surface area contributed by atoms with Crippen LogP contribution < -0.4 is 239 Å². The van der Waals surface area contributed by atoms with Gasteiger partial charge in [-0.2, -0.15) is 9.97 Å². The number of amides is 1. The first-order valence-electron chi connectivity index (χ1n) is 43.5. The predicted octanol–water partition coefficient (Wildman–Crippen LogP) is 8.73.